The predicted octanol–water partition coefficient (Wildman–Crippen LogP) is 3.78. The second-order valence-corrected chi connectivity index (χ2v) is 7.07. The lowest BCUT2D eigenvalue weighted by atomic mass is 9.81. The van der Waals surface area contributed by atoms with Gasteiger partial charge in [-0.25, -0.2) is 9.59 Å². The van der Waals surface area contributed by atoms with Gasteiger partial charge in [0, 0.05) is 31.2 Å². The van der Waals surface area contributed by atoms with Gasteiger partial charge in [-0.15, -0.1) is 0 Å². The Morgan fingerprint density at radius 1 is 1.22 bits per heavy atom. The zero-order valence-electron chi connectivity index (χ0n) is 15.4. The fourth-order valence-corrected chi connectivity index (χ4v) is 3.28. The zero-order chi connectivity index (χ0) is 20.4. The van der Waals surface area contributed by atoms with Crippen molar-refractivity contribution in [3.05, 3.63) is 46.0 Å². The molecule has 2 N–H and O–H groups in total. The summed E-state index contributed by atoms with van der Waals surface area (Å²) >= 11 is 12.1. The van der Waals surface area contributed by atoms with Gasteiger partial charge in [0.1, 0.15) is 0 Å². The summed E-state index contributed by atoms with van der Waals surface area (Å²) in [7, 11) is 2.17. The molecule has 1 aliphatic rings. The van der Waals surface area contributed by atoms with Gasteiger partial charge in [0.2, 0.25) is 0 Å². The van der Waals surface area contributed by atoms with E-state index in [1.165, 1.54) is 5.56 Å². The lowest BCUT2D eigenvalue weighted by molar-refractivity contribution is -0.134. The molecule has 150 valence electrons. The van der Waals surface area contributed by atoms with Crippen LogP contribution in [0.1, 0.15) is 24.8 Å². The van der Waals surface area contributed by atoms with Gasteiger partial charge in [-0.05, 0) is 50.6 Å². The molecule has 0 aromatic heterocycles. The van der Waals surface area contributed by atoms with E-state index in [1.54, 1.807) is 0 Å². The molecule has 0 radical (unpaired) electrons. The van der Waals surface area contributed by atoms with E-state index in [1.807, 2.05) is 19.1 Å². The Bertz CT molecular complexity index is 650. The van der Waals surface area contributed by atoms with Crippen LogP contribution in [-0.4, -0.2) is 60.4 Å². The third-order valence-electron chi connectivity index (χ3n) is 4.21. The molecule has 1 heterocycles. The van der Waals surface area contributed by atoms with Crippen molar-refractivity contribution < 1.29 is 24.5 Å². The van der Waals surface area contributed by atoms with E-state index in [-0.39, 0.29) is 0 Å². The van der Waals surface area contributed by atoms with E-state index < -0.39 is 11.9 Å². The molecule has 1 fully saturated rings. The first-order valence-corrected chi connectivity index (χ1v) is 9.35. The SMILES string of the molecule is CCOC[C@@H]1CN(C)CC[C@@H]1c1ccc(Cl)c(Cl)c1.O=C(O)C=CC(=O)O. The maximum absolute atomic E-state index is 9.55. The molecular formula is C19H25Cl2NO5. The number of rotatable bonds is 6. The summed E-state index contributed by atoms with van der Waals surface area (Å²) in [6.07, 6.45) is 2.26. The van der Waals surface area contributed by atoms with Crippen molar-refractivity contribution in [2.24, 2.45) is 5.92 Å². The summed E-state index contributed by atoms with van der Waals surface area (Å²) < 4.78 is 5.64. The average molecular weight is 418 g/mol. The monoisotopic (exact) mass is 417 g/mol. The number of aliphatic carboxylic acids is 2. The van der Waals surface area contributed by atoms with E-state index >= 15 is 0 Å². The number of carbonyl (C=O) groups is 2. The fraction of sp³-hybridized carbons (Fsp3) is 0.474. The summed E-state index contributed by atoms with van der Waals surface area (Å²) in [5.74, 6) is -1.48. The van der Waals surface area contributed by atoms with Crippen LogP contribution >= 0.6 is 23.2 Å². The molecule has 0 saturated carbocycles. The van der Waals surface area contributed by atoms with Gasteiger partial charge in [0.05, 0.1) is 16.7 Å². The van der Waals surface area contributed by atoms with E-state index in [0.29, 0.717) is 34.0 Å². The summed E-state index contributed by atoms with van der Waals surface area (Å²) in [5.41, 5.74) is 1.28. The fourth-order valence-electron chi connectivity index (χ4n) is 2.98. The molecule has 1 saturated heterocycles. The molecule has 2 rings (SSSR count). The third kappa shape index (κ3) is 8.75. The quantitative estimate of drug-likeness (QED) is 0.684. The van der Waals surface area contributed by atoms with Crippen LogP contribution < -0.4 is 0 Å². The molecule has 0 amide bonds. The molecule has 0 bridgehead atoms. The van der Waals surface area contributed by atoms with Gasteiger partial charge in [-0.2, -0.15) is 0 Å². The third-order valence-corrected chi connectivity index (χ3v) is 4.95. The minimum Gasteiger partial charge on any atom is -0.478 e. The molecule has 0 unspecified atom stereocenters. The van der Waals surface area contributed by atoms with Crippen LogP contribution in [0.2, 0.25) is 10.0 Å². The summed E-state index contributed by atoms with van der Waals surface area (Å²) in [4.78, 5) is 21.5. The van der Waals surface area contributed by atoms with Gasteiger partial charge in [0.15, 0.2) is 0 Å². The maximum Gasteiger partial charge on any atom is 0.328 e. The first-order valence-electron chi connectivity index (χ1n) is 8.59. The number of ether oxygens (including phenoxy) is 1. The molecule has 0 spiro atoms. The Hall–Kier alpha value is -1.60. The molecule has 0 aliphatic carbocycles. The Morgan fingerprint density at radius 2 is 1.85 bits per heavy atom. The first-order chi connectivity index (χ1) is 12.7. The molecule has 8 heteroatoms. The standard InChI is InChI=1S/C15H21Cl2NO.C4H4O4/c1-3-19-10-12-9-18(2)7-6-13(12)11-4-5-14(16)15(17)8-11;5-3(6)1-2-4(7)8/h4-5,8,12-13H,3,6-7,9-10H2,1-2H3;1-2H,(H,5,6)(H,7,8)/t12-,13+;/m0./s1. The van der Waals surface area contributed by atoms with Gasteiger partial charge in [-0.3, -0.25) is 0 Å². The van der Waals surface area contributed by atoms with Crippen molar-refractivity contribution in [2.75, 3.05) is 33.4 Å². The van der Waals surface area contributed by atoms with Crippen LogP contribution in [-0.2, 0) is 14.3 Å². The van der Waals surface area contributed by atoms with E-state index in [4.69, 9.17) is 38.2 Å². The highest BCUT2D eigenvalue weighted by molar-refractivity contribution is 6.42. The molecular weight excluding hydrogens is 393 g/mol. The zero-order valence-corrected chi connectivity index (χ0v) is 16.9. The molecule has 1 aromatic rings. The smallest absolute Gasteiger partial charge is 0.328 e. The van der Waals surface area contributed by atoms with Gasteiger partial charge >= 0.3 is 11.9 Å². The highest BCUT2D eigenvalue weighted by Crippen LogP contribution is 2.35. The molecule has 1 aromatic carbocycles. The number of benzene rings is 1. The van der Waals surface area contributed by atoms with Crippen molar-refractivity contribution >= 4 is 35.1 Å². The van der Waals surface area contributed by atoms with Gasteiger partial charge < -0.3 is 19.8 Å². The van der Waals surface area contributed by atoms with Crippen molar-refractivity contribution in [1.82, 2.24) is 4.90 Å². The van der Waals surface area contributed by atoms with Crippen molar-refractivity contribution in [2.45, 2.75) is 19.3 Å². The van der Waals surface area contributed by atoms with Crippen LogP contribution in [0, 0.1) is 5.92 Å². The Labute approximate surface area is 169 Å². The van der Waals surface area contributed by atoms with Crippen LogP contribution in [0.3, 0.4) is 0 Å². The van der Waals surface area contributed by atoms with Gasteiger partial charge in [0.25, 0.3) is 0 Å². The average Bonchev–Trinajstić information content (AvgIpc) is 2.61. The Balaban J connectivity index is 0.000000387. The lowest BCUT2D eigenvalue weighted by Gasteiger charge is -2.37. The maximum atomic E-state index is 9.55. The highest BCUT2D eigenvalue weighted by Gasteiger charge is 2.29. The summed E-state index contributed by atoms with van der Waals surface area (Å²) in [6, 6.07) is 6.01. The van der Waals surface area contributed by atoms with Crippen LogP contribution in [0.15, 0.2) is 30.4 Å². The number of carboxylic acid groups (broad SMARTS) is 2. The number of piperidine rings is 1. The van der Waals surface area contributed by atoms with E-state index in [9.17, 15) is 9.59 Å². The lowest BCUT2D eigenvalue weighted by Crippen LogP contribution is -2.39. The molecule has 27 heavy (non-hydrogen) atoms. The topological polar surface area (TPSA) is 87.1 Å². The molecule has 1 aliphatic heterocycles. The number of carboxylic acids is 2. The first kappa shape index (κ1) is 23.4. The van der Waals surface area contributed by atoms with Crippen molar-refractivity contribution in [3.8, 4) is 0 Å². The number of likely N-dealkylation sites (tertiary alicyclic amines) is 1. The van der Waals surface area contributed by atoms with Crippen molar-refractivity contribution in [1.29, 1.82) is 0 Å². The number of halogens is 2. The van der Waals surface area contributed by atoms with E-state index in [0.717, 1.165) is 32.7 Å². The van der Waals surface area contributed by atoms with E-state index in [2.05, 4.69) is 18.0 Å². The Morgan fingerprint density at radius 3 is 2.37 bits per heavy atom. The largest absolute Gasteiger partial charge is 0.478 e. The van der Waals surface area contributed by atoms with Gasteiger partial charge in [-0.1, -0.05) is 29.3 Å². The highest BCUT2D eigenvalue weighted by atomic mass is 35.5. The normalized spacial score (nSPS) is 20.1. The minimum absolute atomic E-state index is 0.512. The van der Waals surface area contributed by atoms with Crippen LogP contribution in [0.25, 0.3) is 0 Å². The van der Waals surface area contributed by atoms with Crippen LogP contribution in [0.4, 0.5) is 0 Å². The van der Waals surface area contributed by atoms with Crippen LogP contribution in [0.5, 0.6) is 0 Å². The molecule has 6 nitrogen and oxygen atoms in total. The summed E-state index contributed by atoms with van der Waals surface area (Å²) in [5, 5.41) is 16.9. The summed E-state index contributed by atoms with van der Waals surface area (Å²) in [6.45, 7) is 5.82. The predicted molar refractivity (Wildman–Crippen MR) is 106 cm³/mol. The Kier molecular flexibility index (Phi) is 10.4. The molecule has 2 atom stereocenters. The number of hydrogen-bond acceptors (Lipinski definition) is 4. The minimum atomic E-state index is -1.26. The second-order valence-electron chi connectivity index (χ2n) is 6.26. The second kappa shape index (κ2) is 12.0. The number of nitrogens with zero attached hydrogens (tertiary/aromatic N) is 1. The number of hydrogen-bond donors (Lipinski definition) is 2. The van der Waals surface area contributed by atoms with Crippen molar-refractivity contribution in [3.63, 3.8) is 0 Å².